The third-order valence-corrected chi connectivity index (χ3v) is 3.79. The van der Waals surface area contributed by atoms with Gasteiger partial charge in [-0.15, -0.1) is 0 Å². The maximum absolute atomic E-state index is 5.78. The van der Waals surface area contributed by atoms with Crippen molar-refractivity contribution in [1.82, 2.24) is 5.32 Å². The Bertz CT molecular complexity index is 397. The first-order chi connectivity index (χ1) is 9.10. The van der Waals surface area contributed by atoms with Crippen LogP contribution in [0.1, 0.15) is 45.2 Å². The van der Waals surface area contributed by atoms with Crippen molar-refractivity contribution in [2.45, 2.75) is 57.9 Å². The van der Waals surface area contributed by atoms with Crippen molar-refractivity contribution in [2.75, 3.05) is 7.11 Å². The fraction of sp³-hybridized carbons (Fsp3) is 0.625. The zero-order valence-corrected chi connectivity index (χ0v) is 12.3. The monoisotopic (exact) mass is 263 g/mol. The second-order valence-corrected chi connectivity index (χ2v) is 5.56. The first-order valence-electron chi connectivity index (χ1n) is 7.14. The Morgan fingerprint density at radius 3 is 2.47 bits per heavy atom. The summed E-state index contributed by atoms with van der Waals surface area (Å²) in [5, 5.41) is 3.71. The van der Waals surface area contributed by atoms with Crippen LogP contribution in [0.4, 0.5) is 0 Å². The van der Waals surface area contributed by atoms with Crippen LogP contribution in [-0.2, 0) is 4.74 Å². The molecule has 3 heteroatoms. The predicted molar refractivity (Wildman–Crippen MR) is 77.6 cm³/mol. The second-order valence-electron chi connectivity index (χ2n) is 5.56. The topological polar surface area (TPSA) is 30.5 Å². The van der Waals surface area contributed by atoms with Crippen LogP contribution >= 0.6 is 0 Å². The average Bonchev–Trinajstić information content (AvgIpc) is 2.37. The molecule has 0 bridgehead atoms. The van der Waals surface area contributed by atoms with E-state index in [0.717, 1.165) is 18.6 Å². The van der Waals surface area contributed by atoms with Gasteiger partial charge in [-0.2, -0.15) is 0 Å². The molecule has 1 aromatic carbocycles. The number of nitrogens with one attached hydrogen (secondary N) is 1. The molecule has 3 nitrogen and oxygen atoms in total. The summed E-state index contributed by atoms with van der Waals surface area (Å²) in [6.45, 7) is 6.50. The lowest BCUT2D eigenvalue weighted by atomic mass is 9.97. The molecule has 0 radical (unpaired) electrons. The summed E-state index contributed by atoms with van der Waals surface area (Å²) < 4.78 is 11.2. The second kappa shape index (κ2) is 6.40. The van der Waals surface area contributed by atoms with E-state index in [-0.39, 0.29) is 0 Å². The summed E-state index contributed by atoms with van der Waals surface area (Å²) in [4.78, 5) is 0. The zero-order valence-electron chi connectivity index (χ0n) is 12.3. The molecule has 106 valence electrons. The van der Waals surface area contributed by atoms with Gasteiger partial charge >= 0.3 is 0 Å². The molecule has 1 N–H and O–H groups in total. The minimum atomic E-state index is 0.290. The van der Waals surface area contributed by atoms with Gasteiger partial charge in [-0.1, -0.05) is 18.2 Å². The molecule has 1 heterocycles. The van der Waals surface area contributed by atoms with Gasteiger partial charge < -0.3 is 14.8 Å². The van der Waals surface area contributed by atoms with E-state index in [1.807, 2.05) is 12.1 Å². The number of hydrogen-bond acceptors (Lipinski definition) is 3. The van der Waals surface area contributed by atoms with Crippen LogP contribution in [0.25, 0.3) is 0 Å². The molecule has 0 aliphatic carbocycles. The highest BCUT2D eigenvalue weighted by atomic mass is 16.5. The van der Waals surface area contributed by atoms with Crippen molar-refractivity contribution < 1.29 is 9.47 Å². The van der Waals surface area contributed by atoms with E-state index in [0.29, 0.717) is 24.3 Å². The predicted octanol–water partition coefficient (Wildman–Crippen LogP) is 3.30. The third kappa shape index (κ3) is 3.71. The van der Waals surface area contributed by atoms with Crippen molar-refractivity contribution in [3.63, 3.8) is 0 Å². The van der Waals surface area contributed by atoms with E-state index in [9.17, 15) is 0 Å². The molecule has 0 aromatic heterocycles. The van der Waals surface area contributed by atoms with E-state index in [4.69, 9.17) is 9.47 Å². The molecule has 0 spiro atoms. The van der Waals surface area contributed by atoms with Gasteiger partial charge in [-0.25, -0.2) is 0 Å². The Hall–Kier alpha value is -1.06. The largest absolute Gasteiger partial charge is 0.496 e. The lowest BCUT2D eigenvalue weighted by Crippen LogP contribution is -2.42. The molecule has 1 saturated heterocycles. The van der Waals surface area contributed by atoms with Gasteiger partial charge in [0, 0.05) is 17.6 Å². The van der Waals surface area contributed by atoms with Crippen molar-refractivity contribution in [2.24, 2.45) is 0 Å². The van der Waals surface area contributed by atoms with Crippen molar-refractivity contribution in [3.8, 4) is 5.75 Å². The van der Waals surface area contributed by atoms with Gasteiger partial charge in [0.1, 0.15) is 5.75 Å². The number of ether oxygens (including phenoxy) is 2. The summed E-state index contributed by atoms with van der Waals surface area (Å²) in [7, 11) is 1.73. The van der Waals surface area contributed by atoms with Crippen LogP contribution in [-0.4, -0.2) is 25.4 Å². The quantitative estimate of drug-likeness (QED) is 0.904. The van der Waals surface area contributed by atoms with Crippen LogP contribution in [0.2, 0.25) is 0 Å². The Labute approximate surface area is 116 Å². The summed E-state index contributed by atoms with van der Waals surface area (Å²) in [5.41, 5.74) is 1.22. The number of benzene rings is 1. The van der Waals surface area contributed by atoms with Crippen LogP contribution in [0.3, 0.4) is 0 Å². The van der Waals surface area contributed by atoms with E-state index in [1.165, 1.54) is 5.56 Å². The van der Waals surface area contributed by atoms with Crippen molar-refractivity contribution in [1.29, 1.82) is 0 Å². The Morgan fingerprint density at radius 1 is 1.21 bits per heavy atom. The van der Waals surface area contributed by atoms with Crippen LogP contribution in [0.15, 0.2) is 24.3 Å². The molecule has 1 aliphatic rings. The lowest BCUT2D eigenvalue weighted by Gasteiger charge is -2.34. The number of rotatable bonds is 4. The molecular formula is C16H25NO2. The smallest absolute Gasteiger partial charge is 0.123 e. The SMILES string of the molecule is COc1ccccc1[C@@H](C)NC1CC(C)OC(C)C1. The standard InChI is InChI=1S/C16H25NO2/c1-11-9-14(10-12(2)19-11)17-13(3)15-7-5-6-8-16(15)18-4/h5-8,11-14,17H,9-10H2,1-4H3/t11?,12?,13-,14?/m1/s1. The maximum Gasteiger partial charge on any atom is 0.123 e. The molecule has 2 unspecified atom stereocenters. The fourth-order valence-electron chi connectivity index (χ4n) is 3.01. The lowest BCUT2D eigenvalue weighted by molar-refractivity contribution is -0.0433. The Kier molecular flexibility index (Phi) is 4.83. The number of para-hydroxylation sites is 1. The fourth-order valence-corrected chi connectivity index (χ4v) is 3.01. The summed E-state index contributed by atoms with van der Waals surface area (Å²) >= 11 is 0. The van der Waals surface area contributed by atoms with Gasteiger partial charge in [0.05, 0.1) is 19.3 Å². The summed E-state index contributed by atoms with van der Waals surface area (Å²) in [6, 6.07) is 9.02. The van der Waals surface area contributed by atoms with Crippen LogP contribution in [0, 0.1) is 0 Å². The normalized spacial score (nSPS) is 28.9. The van der Waals surface area contributed by atoms with E-state index in [2.05, 4.69) is 38.2 Å². The van der Waals surface area contributed by atoms with E-state index < -0.39 is 0 Å². The number of methoxy groups -OCH3 is 1. The third-order valence-electron chi connectivity index (χ3n) is 3.79. The summed E-state index contributed by atoms with van der Waals surface area (Å²) in [5.74, 6) is 0.954. The van der Waals surface area contributed by atoms with Gasteiger partial charge in [0.25, 0.3) is 0 Å². The molecule has 2 rings (SSSR count). The minimum absolute atomic E-state index is 0.290. The molecule has 0 saturated carbocycles. The first-order valence-corrected chi connectivity index (χ1v) is 7.14. The van der Waals surface area contributed by atoms with Gasteiger partial charge in [-0.05, 0) is 39.7 Å². The molecular weight excluding hydrogens is 238 g/mol. The van der Waals surface area contributed by atoms with Crippen LogP contribution < -0.4 is 10.1 Å². The highest BCUT2D eigenvalue weighted by molar-refractivity contribution is 5.35. The highest BCUT2D eigenvalue weighted by Gasteiger charge is 2.26. The van der Waals surface area contributed by atoms with E-state index >= 15 is 0 Å². The molecule has 3 atom stereocenters. The van der Waals surface area contributed by atoms with Crippen molar-refractivity contribution >= 4 is 0 Å². The van der Waals surface area contributed by atoms with Gasteiger partial charge in [-0.3, -0.25) is 0 Å². The Balaban J connectivity index is 2.02. The summed E-state index contributed by atoms with van der Waals surface area (Å²) in [6.07, 6.45) is 2.82. The number of hydrogen-bond donors (Lipinski definition) is 1. The Morgan fingerprint density at radius 2 is 1.84 bits per heavy atom. The molecule has 1 aromatic rings. The first kappa shape index (κ1) is 14.4. The average molecular weight is 263 g/mol. The van der Waals surface area contributed by atoms with Gasteiger partial charge in [0.15, 0.2) is 0 Å². The van der Waals surface area contributed by atoms with E-state index in [1.54, 1.807) is 7.11 Å². The van der Waals surface area contributed by atoms with Crippen LogP contribution in [0.5, 0.6) is 5.75 Å². The maximum atomic E-state index is 5.78. The molecule has 1 fully saturated rings. The van der Waals surface area contributed by atoms with Gasteiger partial charge in [0.2, 0.25) is 0 Å². The molecule has 19 heavy (non-hydrogen) atoms. The highest BCUT2D eigenvalue weighted by Crippen LogP contribution is 2.27. The zero-order chi connectivity index (χ0) is 13.8. The minimum Gasteiger partial charge on any atom is -0.496 e. The molecule has 1 aliphatic heterocycles. The molecule has 0 amide bonds. The van der Waals surface area contributed by atoms with Crippen molar-refractivity contribution in [3.05, 3.63) is 29.8 Å².